The van der Waals surface area contributed by atoms with Gasteiger partial charge in [0.25, 0.3) is 5.91 Å². The van der Waals surface area contributed by atoms with Crippen LogP contribution in [0.4, 0.5) is 5.69 Å². The van der Waals surface area contributed by atoms with Crippen molar-refractivity contribution in [3.05, 3.63) is 102 Å². The molecule has 1 heterocycles. The zero-order chi connectivity index (χ0) is 20.2. The van der Waals surface area contributed by atoms with E-state index in [0.717, 1.165) is 11.3 Å². The lowest BCUT2D eigenvalue weighted by atomic mass is 10.1. The molecular formula is C24H19N3O2. The number of aromatic nitrogens is 2. The second-order valence-corrected chi connectivity index (χ2v) is 6.61. The van der Waals surface area contributed by atoms with E-state index in [1.165, 1.54) is 6.92 Å². The van der Waals surface area contributed by atoms with Crippen LogP contribution in [-0.2, 0) is 0 Å². The van der Waals surface area contributed by atoms with Gasteiger partial charge in [0.15, 0.2) is 5.78 Å². The molecule has 4 aromatic rings. The summed E-state index contributed by atoms with van der Waals surface area (Å²) in [6.45, 7) is 1.50. The highest BCUT2D eigenvalue weighted by atomic mass is 16.1. The van der Waals surface area contributed by atoms with Gasteiger partial charge in [-0.2, -0.15) is 5.10 Å². The number of carbonyl (C=O) groups is 2. The second-order valence-electron chi connectivity index (χ2n) is 6.61. The molecule has 29 heavy (non-hydrogen) atoms. The first-order valence-electron chi connectivity index (χ1n) is 9.25. The smallest absolute Gasteiger partial charge is 0.259 e. The maximum Gasteiger partial charge on any atom is 0.259 e. The molecule has 142 valence electrons. The number of Topliss-reactive ketones (excluding diaryl/α,β-unsaturated/α-hetero) is 1. The van der Waals surface area contributed by atoms with Gasteiger partial charge in [0.1, 0.15) is 0 Å². The van der Waals surface area contributed by atoms with E-state index in [4.69, 9.17) is 0 Å². The molecular weight excluding hydrogens is 362 g/mol. The minimum atomic E-state index is -0.285. The van der Waals surface area contributed by atoms with Crippen LogP contribution < -0.4 is 5.32 Å². The maximum absolute atomic E-state index is 13.1. The molecule has 5 heteroatoms. The van der Waals surface area contributed by atoms with E-state index in [1.54, 1.807) is 35.1 Å². The summed E-state index contributed by atoms with van der Waals surface area (Å²) in [6, 6.07) is 26.3. The Morgan fingerprint density at radius 3 is 2.24 bits per heavy atom. The number of ketones is 1. The Morgan fingerprint density at radius 1 is 0.862 bits per heavy atom. The van der Waals surface area contributed by atoms with Gasteiger partial charge in [0.05, 0.1) is 23.1 Å². The Morgan fingerprint density at radius 2 is 1.55 bits per heavy atom. The number of nitrogens with zero attached hydrogens (tertiary/aromatic N) is 2. The second kappa shape index (κ2) is 7.94. The van der Waals surface area contributed by atoms with Crippen molar-refractivity contribution in [1.29, 1.82) is 0 Å². The molecule has 0 radical (unpaired) electrons. The van der Waals surface area contributed by atoms with E-state index in [0.29, 0.717) is 22.5 Å². The van der Waals surface area contributed by atoms with Crippen molar-refractivity contribution in [2.24, 2.45) is 0 Å². The van der Waals surface area contributed by atoms with Crippen LogP contribution in [-0.4, -0.2) is 21.5 Å². The van der Waals surface area contributed by atoms with Crippen molar-refractivity contribution in [3.8, 4) is 16.9 Å². The predicted molar refractivity (Wildman–Crippen MR) is 113 cm³/mol. The average Bonchev–Trinajstić information content (AvgIpc) is 3.20. The van der Waals surface area contributed by atoms with E-state index < -0.39 is 0 Å². The summed E-state index contributed by atoms with van der Waals surface area (Å²) in [7, 11) is 0. The lowest BCUT2D eigenvalue weighted by Crippen LogP contribution is -2.13. The average molecular weight is 381 g/mol. The van der Waals surface area contributed by atoms with Crippen LogP contribution in [0.3, 0.4) is 0 Å². The first-order valence-corrected chi connectivity index (χ1v) is 9.25. The number of para-hydroxylation sites is 1. The van der Waals surface area contributed by atoms with Gasteiger partial charge >= 0.3 is 0 Å². The van der Waals surface area contributed by atoms with Gasteiger partial charge in [-0.3, -0.25) is 9.59 Å². The van der Waals surface area contributed by atoms with E-state index in [9.17, 15) is 9.59 Å². The third-order valence-electron chi connectivity index (χ3n) is 4.59. The van der Waals surface area contributed by atoms with Gasteiger partial charge in [-0.15, -0.1) is 0 Å². The quantitative estimate of drug-likeness (QED) is 0.495. The van der Waals surface area contributed by atoms with Crippen molar-refractivity contribution in [3.63, 3.8) is 0 Å². The van der Waals surface area contributed by atoms with E-state index in [2.05, 4.69) is 10.4 Å². The molecule has 4 rings (SSSR count). The molecule has 0 aliphatic carbocycles. The zero-order valence-electron chi connectivity index (χ0n) is 15.9. The number of hydrogen-bond acceptors (Lipinski definition) is 3. The summed E-state index contributed by atoms with van der Waals surface area (Å²) in [4.78, 5) is 24.7. The van der Waals surface area contributed by atoms with E-state index in [1.807, 2.05) is 60.7 Å². The monoisotopic (exact) mass is 381 g/mol. The van der Waals surface area contributed by atoms with Crippen molar-refractivity contribution in [1.82, 2.24) is 9.78 Å². The molecule has 5 nitrogen and oxygen atoms in total. The maximum atomic E-state index is 13.1. The minimum absolute atomic E-state index is 0.0528. The summed E-state index contributed by atoms with van der Waals surface area (Å²) in [6.07, 6.45) is 1.57. The number of amides is 1. The fourth-order valence-electron chi connectivity index (χ4n) is 3.17. The number of benzene rings is 3. The van der Waals surface area contributed by atoms with Crippen LogP contribution in [0.15, 0.2) is 91.1 Å². The van der Waals surface area contributed by atoms with Gasteiger partial charge < -0.3 is 5.32 Å². The highest BCUT2D eigenvalue weighted by Crippen LogP contribution is 2.27. The molecule has 3 aromatic carbocycles. The number of hydrogen-bond donors (Lipinski definition) is 1. The fourth-order valence-corrected chi connectivity index (χ4v) is 3.17. The Bertz CT molecular complexity index is 1170. The molecule has 0 aliphatic rings. The van der Waals surface area contributed by atoms with Crippen LogP contribution in [0.25, 0.3) is 16.9 Å². The van der Waals surface area contributed by atoms with Crippen molar-refractivity contribution in [2.75, 3.05) is 5.32 Å². The number of rotatable bonds is 5. The van der Waals surface area contributed by atoms with E-state index >= 15 is 0 Å². The zero-order valence-corrected chi connectivity index (χ0v) is 15.9. The standard InChI is InChI=1S/C24H19N3O2/c1-17(28)19-11-8-12-20(15-19)26-24(29)22-16-25-27(21-13-6-3-7-14-21)23(22)18-9-4-2-5-10-18/h2-16H,1H3,(H,26,29). The molecule has 0 saturated carbocycles. The van der Waals surface area contributed by atoms with Gasteiger partial charge in [0, 0.05) is 16.8 Å². The van der Waals surface area contributed by atoms with Gasteiger partial charge in [-0.05, 0) is 31.2 Å². The predicted octanol–water partition coefficient (Wildman–Crippen LogP) is 4.99. The number of anilines is 1. The fraction of sp³-hybridized carbons (Fsp3) is 0.0417. The summed E-state index contributed by atoms with van der Waals surface area (Å²) < 4.78 is 1.76. The molecule has 0 aliphatic heterocycles. The summed E-state index contributed by atoms with van der Waals surface area (Å²) in [5.74, 6) is -0.338. The third-order valence-corrected chi connectivity index (χ3v) is 4.59. The van der Waals surface area contributed by atoms with Crippen LogP contribution in [0.5, 0.6) is 0 Å². The van der Waals surface area contributed by atoms with Gasteiger partial charge in [-0.1, -0.05) is 60.7 Å². The van der Waals surface area contributed by atoms with Crippen LogP contribution in [0.1, 0.15) is 27.6 Å². The topological polar surface area (TPSA) is 64.0 Å². The van der Waals surface area contributed by atoms with Crippen molar-refractivity contribution >= 4 is 17.4 Å². The van der Waals surface area contributed by atoms with Crippen molar-refractivity contribution < 1.29 is 9.59 Å². The molecule has 0 saturated heterocycles. The van der Waals surface area contributed by atoms with E-state index in [-0.39, 0.29) is 11.7 Å². The Hall–Kier alpha value is -3.99. The lowest BCUT2D eigenvalue weighted by Gasteiger charge is -2.11. The van der Waals surface area contributed by atoms with Crippen LogP contribution in [0, 0.1) is 0 Å². The molecule has 1 N–H and O–H groups in total. The SMILES string of the molecule is CC(=O)c1cccc(NC(=O)c2cnn(-c3ccccc3)c2-c2ccccc2)c1. The normalized spacial score (nSPS) is 10.5. The highest BCUT2D eigenvalue weighted by Gasteiger charge is 2.20. The Labute approximate surface area is 168 Å². The minimum Gasteiger partial charge on any atom is -0.322 e. The first kappa shape index (κ1) is 18.4. The summed E-state index contributed by atoms with van der Waals surface area (Å²) in [5.41, 5.74) is 4.02. The molecule has 1 aromatic heterocycles. The molecule has 0 spiro atoms. The van der Waals surface area contributed by atoms with Crippen LogP contribution in [0.2, 0.25) is 0 Å². The molecule has 0 atom stereocenters. The third kappa shape index (κ3) is 3.84. The number of carbonyl (C=O) groups excluding carboxylic acids is 2. The number of nitrogens with one attached hydrogen (secondary N) is 1. The van der Waals surface area contributed by atoms with Crippen LogP contribution >= 0.6 is 0 Å². The lowest BCUT2D eigenvalue weighted by molar-refractivity contribution is 0.101. The van der Waals surface area contributed by atoms with Gasteiger partial charge in [-0.25, -0.2) is 4.68 Å². The Balaban J connectivity index is 1.76. The summed E-state index contributed by atoms with van der Waals surface area (Å²) in [5, 5.41) is 7.36. The van der Waals surface area contributed by atoms with Gasteiger partial charge in [0.2, 0.25) is 0 Å². The Kier molecular flexibility index (Phi) is 5.03. The molecule has 1 amide bonds. The molecule has 0 fully saturated rings. The van der Waals surface area contributed by atoms with Crippen molar-refractivity contribution in [2.45, 2.75) is 6.92 Å². The highest BCUT2D eigenvalue weighted by molar-refractivity contribution is 6.08. The first-order chi connectivity index (χ1) is 14.1. The summed E-state index contributed by atoms with van der Waals surface area (Å²) >= 11 is 0. The largest absolute Gasteiger partial charge is 0.322 e. The molecule has 0 bridgehead atoms. The molecule has 0 unspecified atom stereocenters.